The van der Waals surface area contributed by atoms with Crippen molar-refractivity contribution < 1.29 is 33.3 Å². The number of thioether (sulfide) groups is 1. The molecule has 0 aromatic heterocycles. The second-order valence-corrected chi connectivity index (χ2v) is 12.2. The summed E-state index contributed by atoms with van der Waals surface area (Å²) in [6.07, 6.45) is 15.7. The molecular formula is C25H49O7PS. The van der Waals surface area contributed by atoms with Crippen LogP contribution in [0.15, 0.2) is 0 Å². The molecular weight excluding hydrogens is 475 g/mol. The molecule has 0 saturated heterocycles. The van der Waals surface area contributed by atoms with Crippen LogP contribution in [0.1, 0.15) is 117 Å². The molecule has 0 amide bonds. The van der Waals surface area contributed by atoms with Crippen molar-refractivity contribution >= 4 is 25.1 Å². The number of hydrogen-bond donors (Lipinski definition) is 1. The van der Waals surface area contributed by atoms with Gasteiger partial charge in [-0.15, -0.1) is 0 Å². The molecule has 1 aliphatic rings. The van der Waals surface area contributed by atoms with Crippen molar-refractivity contribution in [3.05, 3.63) is 0 Å². The fourth-order valence-corrected chi connectivity index (χ4v) is 5.90. The maximum atomic E-state index is 12.4. The Balaban J connectivity index is 2.41. The Morgan fingerprint density at radius 3 is 2.29 bits per heavy atom. The lowest BCUT2D eigenvalue weighted by atomic mass is 9.97. The van der Waals surface area contributed by atoms with Gasteiger partial charge in [-0.3, -0.25) is 9.41 Å². The first-order valence-corrected chi connectivity index (χ1v) is 16.2. The van der Waals surface area contributed by atoms with Crippen molar-refractivity contribution in [3.8, 4) is 0 Å². The summed E-state index contributed by atoms with van der Waals surface area (Å²) in [5, 5.41) is 0. The third-order valence-electron chi connectivity index (χ3n) is 6.07. The number of rotatable bonds is 21. The molecule has 1 saturated carbocycles. The van der Waals surface area contributed by atoms with Gasteiger partial charge in [0.2, 0.25) is 0 Å². The summed E-state index contributed by atoms with van der Waals surface area (Å²) >= 11 is 2.07. The molecule has 202 valence electrons. The molecule has 3 atom stereocenters. The third kappa shape index (κ3) is 15.1. The highest BCUT2D eigenvalue weighted by Gasteiger charge is 2.38. The van der Waals surface area contributed by atoms with E-state index in [-0.39, 0.29) is 18.8 Å². The Morgan fingerprint density at radius 2 is 1.62 bits per heavy atom. The zero-order valence-corrected chi connectivity index (χ0v) is 23.4. The van der Waals surface area contributed by atoms with E-state index >= 15 is 0 Å². The van der Waals surface area contributed by atoms with E-state index in [1.807, 2.05) is 6.92 Å². The normalized spacial score (nSPS) is 18.4. The van der Waals surface area contributed by atoms with Crippen molar-refractivity contribution in [1.82, 2.24) is 0 Å². The summed E-state index contributed by atoms with van der Waals surface area (Å²) in [5.41, 5.74) is -1.38. The summed E-state index contributed by atoms with van der Waals surface area (Å²) in [7, 11) is -4.62. The van der Waals surface area contributed by atoms with Crippen molar-refractivity contribution in [3.63, 3.8) is 0 Å². The van der Waals surface area contributed by atoms with E-state index in [4.69, 9.17) is 9.26 Å². The molecule has 0 aliphatic heterocycles. The minimum Gasteiger partial charge on any atom is -0.372 e. The van der Waals surface area contributed by atoms with E-state index in [9.17, 15) is 14.3 Å². The summed E-state index contributed by atoms with van der Waals surface area (Å²) in [4.78, 5) is 31.1. The maximum Gasteiger partial charge on any atom is 0.452 e. The lowest BCUT2D eigenvalue weighted by molar-refractivity contribution is -0.231. The standard InChI is InChI=1S/C25H49O7PS/c1-4-6-14-20-34-21-15-9-7-8-13-18-24(30-23-16-11-10-12-17-23)22(3)32-33(27,28)25(26)31-29-19-5-2/h22-24H,4-21H2,1-3H3,(H,27,28). The van der Waals surface area contributed by atoms with Crippen molar-refractivity contribution in [2.75, 3.05) is 18.1 Å². The highest BCUT2D eigenvalue weighted by atomic mass is 32.2. The van der Waals surface area contributed by atoms with Crippen molar-refractivity contribution in [2.45, 2.75) is 135 Å². The van der Waals surface area contributed by atoms with Crippen LogP contribution in [0.3, 0.4) is 0 Å². The van der Waals surface area contributed by atoms with E-state index < -0.39 is 19.4 Å². The van der Waals surface area contributed by atoms with Crippen molar-refractivity contribution in [2.24, 2.45) is 0 Å². The van der Waals surface area contributed by atoms with Gasteiger partial charge in [-0.2, -0.15) is 16.6 Å². The SMILES string of the molecule is CCCCCSCCCCCCCC(OC1CCCCC1)C(C)OP(=O)(O)C(=O)OOCCC. The van der Waals surface area contributed by atoms with Gasteiger partial charge in [-0.1, -0.05) is 71.6 Å². The Labute approximate surface area is 211 Å². The van der Waals surface area contributed by atoms with Crippen LogP contribution in [0.5, 0.6) is 0 Å². The average molecular weight is 525 g/mol. The molecule has 1 aliphatic carbocycles. The number of hydrogen-bond acceptors (Lipinski definition) is 7. The molecule has 1 fully saturated rings. The number of carbonyl (C=O) groups excluding carboxylic acids is 1. The van der Waals surface area contributed by atoms with Gasteiger partial charge < -0.3 is 9.63 Å². The molecule has 0 aromatic rings. The molecule has 7 nitrogen and oxygen atoms in total. The van der Waals surface area contributed by atoms with E-state index in [0.29, 0.717) is 6.42 Å². The van der Waals surface area contributed by atoms with Crippen molar-refractivity contribution in [1.29, 1.82) is 0 Å². The first-order chi connectivity index (χ1) is 16.4. The van der Waals surface area contributed by atoms with Gasteiger partial charge >= 0.3 is 13.3 Å². The maximum absolute atomic E-state index is 12.4. The first-order valence-electron chi connectivity index (χ1n) is 13.5. The van der Waals surface area contributed by atoms with Gasteiger partial charge in [-0.05, 0) is 57.0 Å². The molecule has 34 heavy (non-hydrogen) atoms. The predicted molar refractivity (Wildman–Crippen MR) is 139 cm³/mol. The van der Waals surface area contributed by atoms with Gasteiger partial charge in [0.25, 0.3) is 0 Å². The molecule has 1 rings (SSSR count). The number of ether oxygens (including phenoxy) is 1. The van der Waals surface area contributed by atoms with Gasteiger partial charge in [0.15, 0.2) is 0 Å². The van der Waals surface area contributed by atoms with Crippen LogP contribution in [-0.4, -0.2) is 47.0 Å². The average Bonchev–Trinajstić information content (AvgIpc) is 2.82. The first kappa shape index (κ1) is 31.9. The Morgan fingerprint density at radius 1 is 0.971 bits per heavy atom. The van der Waals surface area contributed by atoms with E-state index in [1.54, 1.807) is 6.92 Å². The lowest BCUT2D eigenvalue weighted by Gasteiger charge is -2.31. The molecule has 0 bridgehead atoms. The van der Waals surface area contributed by atoms with Crippen LogP contribution in [0.2, 0.25) is 0 Å². The van der Waals surface area contributed by atoms with Gasteiger partial charge in [-0.25, -0.2) is 9.36 Å². The van der Waals surface area contributed by atoms with E-state index in [1.165, 1.54) is 56.5 Å². The van der Waals surface area contributed by atoms with E-state index in [0.717, 1.165) is 44.9 Å². The predicted octanol–water partition coefficient (Wildman–Crippen LogP) is 8.04. The highest BCUT2D eigenvalue weighted by molar-refractivity contribution is 7.99. The Bertz CT molecular complexity index is 557. The number of carbonyl (C=O) groups is 1. The van der Waals surface area contributed by atoms with Crippen LogP contribution in [0.25, 0.3) is 0 Å². The fourth-order valence-electron chi connectivity index (χ4n) is 4.06. The molecule has 0 aromatic carbocycles. The number of unbranched alkanes of at least 4 members (excludes halogenated alkanes) is 6. The monoisotopic (exact) mass is 524 g/mol. The molecule has 1 N–H and O–H groups in total. The van der Waals surface area contributed by atoms with Gasteiger partial charge in [0.1, 0.15) is 0 Å². The lowest BCUT2D eigenvalue weighted by Crippen LogP contribution is -2.34. The Hall–Kier alpha value is -0.110. The van der Waals surface area contributed by atoms with Gasteiger partial charge in [0, 0.05) is 0 Å². The quantitative estimate of drug-likeness (QED) is 0.0698. The minimum absolute atomic E-state index is 0.146. The van der Waals surface area contributed by atoms with Crippen LogP contribution in [0.4, 0.5) is 4.79 Å². The molecule has 9 heteroatoms. The second kappa shape index (κ2) is 20.0. The summed E-state index contributed by atoms with van der Waals surface area (Å²) < 4.78 is 24.0. The zero-order chi connectivity index (χ0) is 25.1. The largest absolute Gasteiger partial charge is 0.452 e. The zero-order valence-electron chi connectivity index (χ0n) is 21.7. The fraction of sp³-hybridized carbons (Fsp3) is 0.960. The highest BCUT2D eigenvalue weighted by Crippen LogP contribution is 2.46. The second-order valence-electron chi connectivity index (χ2n) is 9.31. The minimum atomic E-state index is -4.62. The molecule has 0 spiro atoms. The van der Waals surface area contributed by atoms with Crippen LogP contribution in [-0.2, 0) is 23.6 Å². The summed E-state index contributed by atoms with van der Waals surface area (Å²) in [6.45, 7) is 5.94. The summed E-state index contributed by atoms with van der Waals surface area (Å²) in [6, 6.07) is 0. The third-order valence-corrected chi connectivity index (χ3v) is 8.38. The summed E-state index contributed by atoms with van der Waals surface area (Å²) in [5.74, 6) is 2.52. The van der Waals surface area contributed by atoms with Crippen LogP contribution in [0, 0.1) is 0 Å². The Kier molecular flexibility index (Phi) is 18.8. The molecule has 0 radical (unpaired) electrons. The molecule has 0 heterocycles. The van der Waals surface area contributed by atoms with E-state index in [2.05, 4.69) is 28.5 Å². The molecule has 3 unspecified atom stereocenters. The smallest absolute Gasteiger partial charge is 0.372 e. The van der Waals surface area contributed by atoms with Crippen LogP contribution < -0.4 is 0 Å². The van der Waals surface area contributed by atoms with Gasteiger partial charge in [0.05, 0.1) is 24.9 Å². The van der Waals surface area contributed by atoms with Crippen LogP contribution >= 0.6 is 19.4 Å². The topological polar surface area (TPSA) is 91.3 Å².